The van der Waals surface area contributed by atoms with Gasteiger partial charge in [-0.2, -0.15) is 18.3 Å². The lowest BCUT2D eigenvalue weighted by Gasteiger charge is -2.08. The summed E-state index contributed by atoms with van der Waals surface area (Å²) in [5.74, 6) is -0.931. The van der Waals surface area contributed by atoms with Gasteiger partial charge in [-0.05, 0) is 18.2 Å². The van der Waals surface area contributed by atoms with E-state index in [-0.39, 0.29) is 10.7 Å². The first-order chi connectivity index (χ1) is 9.68. The molecule has 4 nitrogen and oxygen atoms in total. The predicted molar refractivity (Wildman–Crippen MR) is 75.3 cm³/mol. The number of alkyl halides is 3. The topological polar surface area (TPSA) is 46.9 Å². The quantitative estimate of drug-likeness (QED) is 0.850. The van der Waals surface area contributed by atoms with E-state index in [1.807, 2.05) is 0 Å². The van der Waals surface area contributed by atoms with Crippen LogP contribution in [-0.4, -0.2) is 15.7 Å². The van der Waals surface area contributed by atoms with Crippen LogP contribution in [0.25, 0.3) is 0 Å². The highest BCUT2D eigenvalue weighted by Gasteiger charge is 2.39. The Balaban J connectivity index is 2.33. The summed E-state index contributed by atoms with van der Waals surface area (Å²) in [6.45, 7) is 0. The zero-order chi connectivity index (χ0) is 15.8. The number of hydrogen-bond donors (Lipinski definition) is 1. The molecule has 0 spiro atoms. The van der Waals surface area contributed by atoms with Crippen LogP contribution in [0, 0.1) is 0 Å². The second-order valence-electron chi connectivity index (χ2n) is 4.14. The van der Waals surface area contributed by atoms with Crippen LogP contribution >= 0.6 is 27.5 Å². The van der Waals surface area contributed by atoms with E-state index in [0.29, 0.717) is 4.47 Å². The molecule has 2 rings (SSSR count). The molecule has 0 saturated carbocycles. The molecular formula is C12H8BrClF3N3O. The third-order valence-electron chi connectivity index (χ3n) is 2.52. The van der Waals surface area contributed by atoms with Crippen LogP contribution in [-0.2, 0) is 13.2 Å². The van der Waals surface area contributed by atoms with Crippen molar-refractivity contribution in [2.45, 2.75) is 6.18 Å². The summed E-state index contributed by atoms with van der Waals surface area (Å²) in [7, 11) is 1.30. The highest BCUT2D eigenvalue weighted by Crippen LogP contribution is 2.32. The fourth-order valence-electron chi connectivity index (χ4n) is 1.64. The van der Waals surface area contributed by atoms with Crippen molar-refractivity contribution in [2.75, 3.05) is 5.32 Å². The van der Waals surface area contributed by atoms with Crippen LogP contribution < -0.4 is 5.32 Å². The molecular weight excluding hydrogens is 375 g/mol. The summed E-state index contributed by atoms with van der Waals surface area (Å²) in [5.41, 5.74) is -1.60. The Morgan fingerprint density at radius 2 is 2.10 bits per heavy atom. The van der Waals surface area contributed by atoms with Crippen molar-refractivity contribution in [3.63, 3.8) is 0 Å². The van der Waals surface area contributed by atoms with Gasteiger partial charge in [0.15, 0.2) is 5.69 Å². The number of benzene rings is 1. The van der Waals surface area contributed by atoms with Crippen molar-refractivity contribution in [1.82, 2.24) is 9.78 Å². The molecule has 0 atom stereocenters. The number of rotatable bonds is 2. The van der Waals surface area contributed by atoms with E-state index >= 15 is 0 Å². The smallest absolute Gasteiger partial charge is 0.321 e. The first-order valence-corrected chi connectivity index (χ1v) is 6.73. The van der Waals surface area contributed by atoms with Gasteiger partial charge in [0.25, 0.3) is 5.91 Å². The van der Waals surface area contributed by atoms with Crippen LogP contribution in [0.2, 0.25) is 5.02 Å². The number of anilines is 1. The summed E-state index contributed by atoms with van der Waals surface area (Å²) in [6, 6.07) is 4.61. The maximum Gasteiger partial charge on any atom is 0.435 e. The molecule has 2 aromatic rings. The molecule has 1 N–H and O–H groups in total. The minimum atomic E-state index is -4.71. The molecule has 0 aliphatic carbocycles. The van der Waals surface area contributed by atoms with Crippen LogP contribution in [0.4, 0.5) is 18.9 Å². The first-order valence-electron chi connectivity index (χ1n) is 5.55. The summed E-state index contributed by atoms with van der Waals surface area (Å²) in [4.78, 5) is 12.0. The molecule has 0 bridgehead atoms. The van der Waals surface area contributed by atoms with Crippen molar-refractivity contribution < 1.29 is 18.0 Å². The molecule has 0 aliphatic rings. The number of aromatic nitrogens is 2. The van der Waals surface area contributed by atoms with Crippen LogP contribution in [0.5, 0.6) is 0 Å². The molecule has 1 aromatic heterocycles. The van der Waals surface area contributed by atoms with E-state index in [1.165, 1.54) is 19.2 Å². The van der Waals surface area contributed by atoms with Crippen LogP contribution in [0.1, 0.15) is 16.1 Å². The highest BCUT2D eigenvalue weighted by molar-refractivity contribution is 9.10. The predicted octanol–water partition coefficient (Wildman–Crippen LogP) is 4.11. The van der Waals surface area contributed by atoms with Crippen molar-refractivity contribution in [2.24, 2.45) is 7.05 Å². The lowest BCUT2D eigenvalue weighted by Crippen LogP contribution is -2.18. The lowest BCUT2D eigenvalue weighted by atomic mass is 10.2. The van der Waals surface area contributed by atoms with Gasteiger partial charge in [0.05, 0.1) is 16.3 Å². The third-order valence-corrected chi connectivity index (χ3v) is 3.33. The van der Waals surface area contributed by atoms with Crippen molar-refractivity contribution in [3.05, 3.63) is 45.1 Å². The Bertz CT molecular complexity index is 700. The number of nitrogens with one attached hydrogen (secondary N) is 1. The number of aryl methyl sites for hydroxylation is 1. The fourth-order valence-corrected chi connectivity index (χ4v) is 2.37. The summed E-state index contributed by atoms with van der Waals surface area (Å²) < 4.78 is 40.0. The minimum absolute atomic E-state index is 0.204. The summed E-state index contributed by atoms with van der Waals surface area (Å²) in [6.07, 6.45) is -3.71. The molecule has 1 aromatic carbocycles. The molecule has 9 heteroatoms. The zero-order valence-electron chi connectivity index (χ0n) is 10.5. The molecule has 1 amide bonds. The van der Waals surface area contributed by atoms with Crippen LogP contribution in [0.15, 0.2) is 28.9 Å². The molecule has 1 heterocycles. The number of nitrogens with zero attached hydrogens (tertiary/aromatic N) is 2. The maximum atomic E-state index is 12.8. The Kier molecular flexibility index (Phi) is 4.29. The molecule has 0 saturated heterocycles. The van der Waals surface area contributed by atoms with Gasteiger partial charge in [-0.1, -0.05) is 27.5 Å². The standard InChI is InChI=1S/C12H8BrClF3N3O/c1-20-5-7(10(19-20)12(15,16)17)11(21)18-9-3-2-6(13)4-8(9)14/h2-5H,1H3,(H,18,21). The van der Waals surface area contributed by atoms with E-state index in [2.05, 4.69) is 26.3 Å². The number of carbonyl (C=O) groups is 1. The Morgan fingerprint density at radius 3 is 2.67 bits per heavy atom. The van der Waals surface area contributed by atoms with Crippen molar-refractivity contribution in [1.29, 1.82) is 0 Å². The van der Waals surface area contributed by atoms with Gasteiger partial charge < -0.3 is 5.32 Å². The average Bonchev–Trinajstić information content (AvgIpc) is 2.75. The van der Waals surface area contributed by atoms with E-state index in [9.17, 15) is 18.0 Å². The molecule has 112 valence electrons. The second kappa shape index (κ2) is 5.69. The maximum absolute atomic E-state index is 12.8. The number of hydrogen-bond acceptors (Lipinski definition) is 2. The number of halogens is 5. The number of amides is 1. The van der Waals surface area contributed by atoms with Gasteiger partial charge in [0.2, 0.25) is 0 Å². The zero-order valence-corrected chi connectivity index (χ0v) is 12.8. The normalized spacial score (nSPS) is 11.5. The SMILES string of the molecule is Cn1cc(C(=O)Nc2ccc(Br)cc2Cl)c(C(F)(F)F)n1. The van der Waals surface area contributed by atoms with E-state index in [4.69, 9.17) is 11.6 Å². The summed E-state index contributed by atoms with van der Waals surface area (Å²) >= 11 is 9.10. The largest absolute Gasteiger partial charge is 0.435 e. The molecule has 0 unspecified atom stereocenters. The molecule has 0 fully saturated rings. The summed E-state index contributed by atoms with van der Waals surface area (Å²) in [5, 5.41) is 5.81. The van der Waals surface area contributed by atoms with E-state index in [0.717, 1.165) is 10.9 Å². The van der Waals surface area contributed by atoms with Crippen molar-refractivity contribution in [3.8, 4) is 0 Å². The first kappa shape index (κ1) is 15.8. The van der Waals surface area contributed by atoms with Gasteiger partial charge in [-0.3, -0.25) is 9.48 Å². The molecule has 0 aliphatic heterocycles. The second-order valence-corrected chi connectivity index (χ2v) is 5.46. The Morgan fingerprint density at radius 1 is 1.43 bits per heavy atom. The minimum Gasteiger partial charge on any atom is -0.321 e. The van der Waals surface area contributed by atoms with Gasteiger partial charge in [-0.15, -0.1) is 0 Å². The number of carbonyl (C=O) groups excluding carboxylic acids is 1. The lowest BCUT2D eigenvalue weighted by molar-refractivity contribution is -0.141. The Hall–Kier alpha value is -1.54. The third kappa shape index (κ3) is 3.56. The van der Waals surface area contributed by atoms with Gasteiger partial charge in [-0.25, -0.2) is 0 Å². The Labute approximate surface area is 131 Å². The van der Waals surface area contributed by atoms with Gasteiger partial charge in [0, 0.05) is 17.7 Å². The van der Waals surface area contributed by atoms with Gasteiger partial charge >= 0.3 is 6.18 Å². The van der Waals surface area contributed by atoms with Gasteiger partial charge in [0.1, 0.15) is 0 Å². The van der Waals surface area contributed by atoms with E-state index < -0.39 is 23.3 Å². The molecule has 21 heavy (non-hydrogen) atoms. The van der Waals surface area contributed by atoms with Crippen molar-refractivity contribution >= 4 is 39.1 Å². The molecule has 0 radical (unpaired) electrons. The van der Waals surface area contributed by atoms with E-state index in [1.54, 1.807) is 6.07 Å². The van der Waals surface area contributed by atoms with Crippen LogP contribution in [0.3, 0.4) is 0 Å². The monoisotopic (exact) mass is 381 g/mol. The fraction of sp³-hybridized carbons (Fsp3) is 0.167. The average molecular weight is 383 g/mol. The highest BCUT2D eigenvalue weighted by atomic mass is 79.9.